The molecule has 0 radical (unpaired) electrons. The first-order valence-corrected chi connectivity index (χ1v) is 9.55. The normalized spacial score (nSPS) is 15.7. The van der Waals surface area contributed by atoms with Gasteiger partial charge in [-0.2, -0.15) is 5.01 Å². The van der Waals surface area contributed by atoms with E-state index >= 15 is 0 Å². The molecule has 2 amide bonds. The Morgan fingerprint density at radius 3 is 2.56 bits per heavy atom. The van der Waals surface area contributed by atoms with E-state index < -0.39 is 5.91 Å². The number of phenols is 1. The molecule has 0 unspecified atom stereocenters. The molecule has 138 valence electrons. The number of carbonyl (C=O) groups is 2. The Balaban J connectivity index is 1.75. The second kappa shape index (κ2) is 7.94. The second-order valence-electron chi connectivity index (χ2n) is 6.33. The van der Waals surface area contributed by atoms with Crippen molar-refractivity contribution in [3.05, 3.63) is 70.1 Å². The fraction of sp³-hybridized carbons (Fsp3) is 0.150. The lowest BCUT2D eigenvalue weighted by molar-refractivity contribution is -0.123. The molecular formula is C20H18N2O3S2. The standard InChI is InChI=1S/C20H18N2O3S2/c1-12(2)14-8-6-13(7-9-14)10-17-19(25)22(20(26)27-17)21-18(24)15-4-3-5-16(23)11-15/h3-12,23H,1-2H3,(H,21,24)/b17-10-. The molecule has 27 heavy (non-hydrogen) atoms. The number of thiocarbonyl (C=S) groups is 1. The van der Waals surface area contributed by atoms with Crippen LogP contribution in [0.3, 0.4) is 0 Å². The predicted molar refractivity (Wildman–Crippen MR) is 111 cm³/mol. The molecule has 0 aliphatic carbocycles. The topological polar surface area (TPSA) is 69.6 Å². The smallest absolute Gasteiger partial charge is 0.285 e. The largest absolute Gasteiger partial charge is 0.508 e. The average molecular weight is 399 g/mol. The van der Waals surface area contributed by atoms with Crippen LogP contribution in [0.4, 0.5) is 0 Å². The van der Waals surface area contributed by atoms with Crippen molar-refractivity contribution in [1.29, 1.82) is 0 Å². The SMILES string of the molecule is CC(C)c1ccc(/C=C2\SC(=S)N(NC(=O)c3cccc(O)c3)C2=O)cc1. The highest BCUT2D eigenvalue weighted by molar-refractivity contribution is 8.26. The molecule has 0 bridgehead atoms. The number of nitrogens with one attached hydrogen (secondary N) is 1. The number of carbonyl (C=O) groups excluding carboxylic acids is 2. The lowest BCUT2D eigenvalue weighted by atomic mass is 10.0. The number of hydrogen-bond donors (Lipinski definition) is 2. The van der Waals surface area contributed by atoms with Crippen molar-refractivity contribution in [3.8, 4) is 5.75 Å². The Kier molecular flexibility index (Phi) is 5.62. The molecule has 0 spiro atoms. The van der Waals surface area contributed by atoms with Gasteiger partial charge < -0.3 is 5.11 Å². The summed E-state index contributed by atoms with van der Waals surface area (Å²) < 4.78 is 0.249. The lowest BCUT2D eigenvalue weighted by Crippen LogP contribution is -2.44. The maximum absolute atomic E-state index is 12.6. The number of aromatic hydroxyl groups is 1. The lowest BCUT2D eigenvalue weighted by Gasteiger charge is -2.15. The highest BCUT2D eigenvalue weighted by Gasteiger charge is 2.33. The molecule has 5 nitrogen and oxygen atoms in total. The van der Waals surface area contributed by atoms with Gasteiger partial charge in [0, 0.05) is 5.56 Å². The van der Waals surface area contributed by atoms with Crippen molar-refractivity contribution in [1.82, 2.24) is 10.4 Å². The van der Waals surface area contributed by atoms with Crippen LogP contribution < -0.4 is 5.43 Å². The molecule has 7 heteroatoms. The number of benzene rings is 2. The third kappa shape index (κ3) is 4.37. The molecular weight excluding hydrogens is 380 g/mol. The number of hydrazine groups is 1. The van der Waals surface area contributed by atoms with Crippen LogP contribution in [0, 0.1) is 0 Å². The Bertz CT molecular complexity index is 936. The van der Waals surface area contributed by atoms with Gasteiger partial charge >= 0.3 is 0 Å². The summed E-state index contributed by atoms with van der Waals surface area (Å²) in [6.07, 6.45) is 1.75. The van der Waals surface area contributed by atoms with E-state index in [0.717, 1.165) is 22.3 Å². The van der Waals surface area contributed by atoms with E-state index in [-0.39, 0.29) is 21.5 Å². The summed E-state index contributed by atoms with van der Waals surface area (Å²) in [5, 5.41) is 10.5. The summed E-state index contributed by atoms with van der Waals surface area (Å²) in [5.74, 6) is -0.501. The Morgan fingerprint density at radius 2 is 1.93 bits per heavy atom. The minimum atomic E-state index is -0.523. The van der Waals surface area contributed by atoms with Crippen LogP contribution in [0.5, 0.6) is 5.75 Å². The van der Waals surface area contributed by atoms with E-state index in [1.807, 2.05) is 24.3 Å². The fourth-order valence-corrected chi connectivity index (χ4v) is 3.69. The number of thioether (sulfide) groups is 1. The Morgan fingerprint density at radius 1 is 1.22 bits per heavy atom. The predicted octanol–water partition coefficient (Wildman–Crippen LogP) is 4.06. The molecule has 0 aromatic heterocycles. The number of nitrogens with zero attached hydrogens (tertiary/aromatic N) is 1. The highest BCUT2D eigenvalue weighted by atomic mass is 32.2. The first kappa shape index (κ1) is 19.1. The van der Waals surface area contributed by atoms with Gasteiger partial charge in [0.2, 0.25) is 0 Å². The first-order chi connectivity index (χ1) is 12.8. The zero-order valence-corrected chi connectivity index (χ0v) is 16.4. The molecule has 2 N–H and O–H groups in total. The number of rotatable bonds is 4. The minimum absolute atomic E-state index is 0.0298. The summed E-state index contributed by atoms with van der Waals surface area (Å²) in [4.78, 5) is 25.4. The maximum Gasteiger partial charge on any atom is 0.285 e. The van der Waals surface area contributed by atoms with Gasteiger partial charge in [0.05, 0.1) is 4.91 Å². The zero-order valence-electron chi connectivity index (χ0n) is 14.8. The van der Waals surface area contributed by atoms with Crippen molar-refractivity contribution in [2.24, 2.45) is 0 Å². The van der Waals surface area contributed by atoms with E-state index in [1.54, 1.807) is 18.2 Å². The van der Waals surface area contributed by atoms with Gasteiger partial charge in [0.15, 0.2) is 4.32 Å². The highest BCUT2D eigenvalue weighted by Crippen LogP contribution is 2.31. The summed E-state index contributed by atoms with van der Waals surface area (Å²) in [7, 11) is 0. The minimum Gasteiger partial charge on any atom is -0.508 e. The zero-order chi connectivity index (χ0) is 19.6. The number of phenolic OH excluding ortho intramolecular Hbond substituents is 1. The van der Waals surface area contributed by atoms with Gasteiger partial charge in [-0.05, 0) is 53.5 Å². The van der Waals surface area contributed by atoms with E-state index in [0.29, 0.717) is 10.8 Å². The van der Waals surface area contributed by atoms with E-state index in [2.05, 4.69) is 19.3 Å². The summed E-state index contributed by atoms with van der Waals surface area (Å²) in [6.45, 7) is 4.24. The van der Waals surface area contributed by atoms with Gasteiger partial charge in [-0.1, -0.05) is 55.9 Å². The van der Waals surface area contributed by atoms with Crippen LogP contribution in [-0.2, 0) is 4.79 Å². The molecule has 1 fully saturated rings. The quantitative estimate of drug-likeness (QED) is 0.600. The second-order valence-corrected chi connectivity index (χ2v) is 8.01. The van der Waals surface area contributed by atoms with Crippen molar-refractivity contribution < 1.29 is 14.7 Å². The summed E-state index contributed by atoms with van der Waals surface area (Å²) in [5.41, 5.74) is 4.83. The van der Waals surface area contributed by atoms with Crippen LogP contribution in [-0.4, -0.2) is 26.3 Å². The van der Waals surface area contributed by atoms with Crippen LogP contribution in [0.25, 0.3) is 6.08 Å². The number of hydrogen-bond acceptors (Lipinski definition) is 5. The van der Waals surface area contributed by atoms with Gasteiger partial charge in [-0.3, -0.25) is 15.0 Å². The molecule has 0 saturated carbocycles. The summed E-state index contributed by atoms with van der Waals surface area (Å²) >= 11 is 6.36. The molecule has 2 aromatic carbocycles. The van der Waals surface area contributed by atoms with Crippen LogP contribution in [0.2, 0.25) is 0 Å². The molecule has 1 aliphatic heterocycles. The van der Waals surface area contributed by atoms with Crippen LogP contribution in [0.15, 0.2) is 53.4 Å². The Labute approximate surface area is 167 Å². The molecule has 2 aromatic rings. The van der Waals surface area contributed by atoms with Crippen LogP contribution >= 0.6 is 24.0 Å². The maximum atomic E-state index is 12.6. The van der Waals surface area contributed by atoms with Crippen molar-refractivity contribution >= 4 is 46.2 Å². The molecule has 1 aliphatic rings. The van der Waals surface area contributed by atoms with E-state index in [4.69, 9.17) is 12.2 Å². The van der Waals surface area contributed by atoms with Crippen molar-refractivity contribution in [2.75, 3.05) is 0 Å². The fourth-order valence-electron chi connectivity index (χ4n) is 2.51. The molecule has 1 heterocycles. The summed E-state index contributed by atoms with van der Waals surface area (Å²) in [6, 6.07) is 13.8. The third-order valence-electron chi connectivity index (χ3n) is 4.02. The molecule has 1 saturated heterocycles. The van der Waals surface area contributed by atoms with E-state index in [1.165, 1.54) is 17.7 Å². The van der Waals surface area contributed by atoms with Gasteiger partial charge in [-0.25, -0.2) is 0 Å². The average Bonchev–Trinajstić information content (AvgIpc) is 2.89. The van der Waals surface area contributed by atoms with E-state index in [9.17, 15) is 14.7 Å². The molecule has 0 atom stereocenters. The van der Waals surface area contributed by atoms with Gasteiger partial charge in [0.1, 0.15) is 5.75 Å². The monoisotopic (exact) mass is 398 g/mol. The Hall–Kier alpha value is -2.64. The number of amides is 2. The van der Waals surface area contributed by atoms with Gasteiger partial charge in [-0.15, -0.1) is 0 Å². The first-order valence-electron chi connectivity index (χ1n) is 8.33. The van der Waals surface area contributed by atoms with Crippen molar-refractivity contribution in [3.63, 3.8) is 0 Å². The third-order valence-corrected chi connectivity index (χ3v) is 5.32. The molecule has 3 rings (SSSR count). The van der Waals surface area contributed by atoms with Crippen molar-refractivity contribution in [2.45, 2.75) is 19.8 Å². The van der Waals surface area contributed by atoms with Crippen LogP contribution in [0.1, 0.15) is 41.3 Å². The van der Waals surface area contributed by atoms with Gasteiger partial charge in [0.25, 0.3) is 11.8 Å².